The number of aliphatic hydroxyl groups is 1. The molecule has 0 aliphatic carbocycles. The number of halogens is 3. The fourth-order valence-corrected chi connectivity index (χ4v) is 2.70. The summed E-state index contributed by atoms with van der Waals surface area (Å²) in [7, 11) is 1.30. The van der Waals surface area contributed by atoms with Crippen molar-refractivity contribution in [2.75, 3.05) is 20.2 Å². The first kappa shape index (κ1) is 16.8. The van der Waals surface area contributed by atoms with Gasteiger partial charge in [0.1, 0.15) is 0 Å². The molecule has 0 bridgehead atoms. The third-order valence-corrected chi connectivity index (χ3v) is 3.83. The molecule has 122 valence electrons. The van der Waals surface area contributed by atoms with Gasteiger partial charge in [0.2, 0.25) is 0 Å². The van der Waals surface area contributed by atoms with Crippen molar-refractivity contribution in [2.24, 2.45) is 0 Å². The molecule has 7 heteroatoms. The Morgan fingerprint density at radius 2 is 2.00 bits per heavy atom. The van der Waals surface area contributed by atoms with E-state index in [1.165, 1.54) is 19.2 Å². The highest BCUT2D eigenvalue weighted by Gasteiger charge is 2.34. The molecular formula is C15H18F3NO3. The third kappa shape index (κ3) is 3.98. The number of methoxy groups -OCH3 is 1. The largest absolute Gasteiger partial charge is 0.469 e. The molecule has 1 aliphatic heterocycles. The second-order valence-corrected chi connectivity index (χ2v) is 5.35. The van der Waals surface area contributed by atoms with Gasteiger partial charge in [-0.1, -0.05) is 12.1 Å². The van der Waals surface area contributed by atoms with Crippen molar-refractivity contribution in [3.63, 3.8) is 0 Å². The smallest absolute Gasteiger partial charge is 0.416 e. The first-order valence-corrected chi connectivity index (χ1v) is 6.97. The highest BCUT2D eigenvalue weighted by molar-refractivity contribution is 5.69. The van der Waals surface area contributed by atoms with Crippen molar-refractivity contribution in [2.45, 2.75) is 31.2 Å². The Balaban J connectivity index is 2.09. The second kappa shape index (κ2) is 6.66. The average molecular weight is 317 g/mol. The van der Waals surface area contributed by atoms with Crippen LogP contribution in [-0.2, 0) is 15.7 Å². The average Bonchev–Trinajstić information content (AvgIpc) is 2.85. The summed E-state index contributed by atoms with van der Waals surface area (Å²) in [6.07, 6.45) is -4.30. The molecule has 0 saturated carbocycles. The van der Waals surface area contributed by atoms with E-state index in [-0.39, 0.29) is 18.4 Å². The number of rotatable bonds is 4. The van der Waals surface area contributed by atoms with Crippen LogP contribution >= 0.6 is 0 Å². The molecule has 22 heavy (non-hydrogen) atoms. The van der Waals surface area contributed by atoms with Gasteiger partial charge in [-0.05, 0) is 24.1 Å². The van der Waals surface area contributed by atoms with Crippen LogP contribution in [0.3, 0.4) is 0 Å². The van der Waals surface area contributed by atoms with Gasteiger partial charge >= 0.3 is 12.1 Å². The van der Waals surface area contributed by atoms with E-state index in [1.807, 2.05) is 4.90 Å². The summed E-state index contributed by atoms with van der Waals surface area (Å²) in [5, 5.41) is 9.80. The van der Waals surface area contributed by atoms with Crippen LogP contribution in [0.15, 0.2) is 24.3 Å². The van der Waals surface area contributed by atoms with Gasteiger partial charge in [-0.25, -0.2) is 0 Å². The highest BCUT2D eigenvalue weighted by atomic mass is 19.4. The molecular weight excluding hydrogens is 299 g/mol. The van der Waals surface area contributed by atoms with Gasteiger partial charge < -0.3 is 9.84 Å². The summed E-state index contributed by atoms with van der Waals surface area (Å²) < 4.78 is 42.3. The van der Waals surface area contributed by atoms with Crippen LogP contribution in [-0.4, -0.2) is 42.3 Å². The van der Waals surface area contributed by atoms with Gasteiger partial charge in [0.15, 0.2) is 0 Å². The Labute approximate surface area is 126 Å². The first-order valence-electron chi connectivity index (χ1n) is 6.97. The lowest BCUT2D eigenvalue weighted by atomic mass is 10.0. The van der Waals surface area contributed by atoms with Crippen LogP contribution < -0.4 is 0 Å². The molecule has 0 spiro atoms. The van der Waals surface area contributed by atoms with Gasteiger partial charge in [-0.3, -0.25) is 9.69 Å². The minimum atomic E-state index is -4.36. The normalized spacial score (nSPS) is 22.8. The molecule has 4 nitrogen and oxygen atoms in total. The fraction of sp³-hybridized carbons (Fsp3) is 0.533. The molecule has 1 saturated heterocycles. The SMILES string of the molecule is COC(=O)CCN1C[C@H](O)C[C@@H]1c1ccc(C(F)(F)F)cc1. The molecule has 0 radical (unpaired) electrons. The van der Waals surface area contributed by atoms with E-state index in [9.17, 15) is 23.1 Å². The third-order valence-electron chi connectivity index (χ3n) is 3.83. The van der Waals surface area contributed by atoms with Crippen molar-refractivity contribution in [3.05, 3.63) is 35.4 Å². The van der Waals surface area contributed by atoms with E-state index in [0.717, 1.165) is 12.1 Å². The van der Waals surface area contributed by atoms with Crippen molar-refractivity contribution < 1.29 is 27.8 Å². The number of nitrogens with zero attached hydrogens (tertiary/aromatic N) is 1. The summed E-state index contributed by atoms with van der Waals surface area (Å²) in [4.78, 5) is 13.1. The van der Waals surface area contributed by atoms with Crippen molar-refractivity contribution >= 4 is 5.97 Å². The Morgan fingerprint density at radius 3 is 2.55 bits per heavy atom. The monoisotopic (exact) mass is 317 g/mol. The zero-order chi connectivity index (χ0) is 16.3. The second-order valence-electron chi connectivity index (χ2n) is 5.35. The van der Waals surface area contributed by atoms with Gasteiger partial charge in [0, 0.05) is 19.1 Å². The lowest BCUT2D eigenvalue weighted by molar-refractivity contribution is -0.141. The predicted octanol–water partition coefficient (Wildman–Crippen LogP) is 2.38. The topological polar surface area (TPSA) is 49.8 Å². The van der Waals surface area contributed by atoms with Gasteiger partial charge in [0.05, 0.1) is 25.2 Å². The molecule has 1 fully saturated rings. The number of ether oxygens (including phenoxy) is 1. The fourth-order valence-electron chi connectivity index (χ4n) is 2.70. The Kier molecular flexibility index (Phi) is 5.08. The Bertz CT molecular complexity index is 516. The van der Waals surface area contributed by atoms with Crippen LogP contribution in [0.1, 0.15) is 30.0 Å². The molecule has 0 unspecified atom stereocenters. The van der Waals surface area contributed by atoms with Crippen molar-refractivity contribution in [3.8, 4) is 0 Å². The van der Waals surface area contributed by atoms with Gasteiger partial charge in [-0.2, -0.15) is 13.2 Å². The summed E-state index contributed by atoms with van der Waals surface area (Å²) in [5.74, 6) is -0.354. The number of β-amino-alcohol motifs (C(OH)–C–C–N with tert-alkyl or cyclic N) is 1. The van der Waals surface area contributed by atoms with Crippen LogP contribution in [0, 0.1) is 0 Å². The lowest BCUT2D eigenvalue weighted by Gasteiger charge is -2.24. The van der Waals surface area contributed by atoms with Gasteiger partial charge in [0.25, 0.3) is 0 Å². The number of aliphatic hydroxyl groups excluding tert-OH is 1. The first-order chi connectivity index (χ1) is 10.3. The van der Waals surface area contributed by atoms with Crippen LogP contribution in [0.25, 0.3) is 0 Å². The maximum absolute atomic E-state index is 12.6. The van der Waals surface area contributed by atoms with E-state index in [2.05, 4.69) is 4.74 Å². The molecule has 2 atom stereocenters. The number of hydrogen-bond donors (Lipinski definition) is 1. The maximum atomic E-state index is 12.6. The Morgan fingerprint density at radius 1 is 1.36 bits per heavy atom. The standard InChI is InChI=1S/C15H18F3NO3/c1-22-14(21)6-7-19-9-12(20)8-13(19)10-2-4-11(5-3-10)15(16,17)18/h2-5,12-13,20H,6-9H2,1H3/t12-,13-/m1/s1. The summed E-state index contributed by atoms with van der Waals surface area (Å²) in [6.45, 7) is 0.790. The van der Waals surface area contributed by atoms with Crippen molar-refractivity contribution in [1.29, 1.82) is 0 Å². The number of carbonyl (C=O) groups is 1. The molecule has 1 aliphatic rings. The van der Waals surface area contributed by atoms with E-state index in [4.69, 9.17) is 0 Å². The number of likely N-dealkylation sites (tertiary alicyclic amines) is 1. The highest BCUT2D eigenvalue weighted by Crippen LogP contribution is 2.35. The van der Waals surface area contributed by atoms with Gasteiger partial charge in [-0.15, -0.1) is 0 Å². The molecule has 1 heterocycles. The molecule has 1 aromatic rings. The number of carbonyl (C=O) groups excluding carboxylic acids is 1. The van der Waals surface area contributed by atoms with Crippen molar-refractivity contribution in [1.82, 2.24) is 4.90 Å². The summed E-state index contributed by atoms with van der Waals surface area (Å²) in [6, 6.07) is 4.74. The molecule has 1 aromatic carbocycles. The molecule has 0 amide bonds. The lowest BCUT2D eigenvalue weighted by Crippen LogP contribution is -2.27. The number of esters is 1. The number of benzene rings is 1. The van der Waals surface area contributed by atoms with Crippen LogP contribution in [0.4, 0.5) is 13.2 Å². The summed E-state index contributed by atoms with van der Waals surface area (Å²) >= 11 is 0. The molecule has 2 rings (SSSR count). The molecule has 0 aromatic heterocycles. The van der Waals surface area contributed by atoms with E-state index in [1.54, 1.807) is 0 Å². The summed E-state index contributed by atoms with van der Waals surface area (Å²) in [5.41, 5.74) is 0.00493. The zero-order valence-electron chi connectivity index (χ0n) is 12.1. The zero-order valence-corrected chi connectivity index (χ0v) is 12.1. The number of hydrogen-bond acceptors (Lipinski definition) is 4. The quantitative estimate of drug-likeness (QED) is 0.866. The minimum absolute atomic E-state index is 0.181. The van der Waals surface area contributed by atoms with E-state index >= 15 is 0 Å². The van der Waals surface area contributed by atoms with Crippen LogP contribution in [0.5, 0.6) is 0 Å². The number of alkyl halides is 3. The van der Waals surface area contributed by atoms with Crippen LogP contribution in [0.2, 0.25) is 0 Å². The molecule has 1 N–H and O–H groups in total. The maximum Gasteiger partial charge on any atom is 0.416 e. The van der Waals surface area contributed by atoms with E-state index < -0.39 is 17.8 Å². The minimum Gasteiger partial charge on any atom is -0.469 e. The predicted molar refractivity (Wildman–Crippen MR) is 73.0 cm³/mol. The van der Waals surface area contributed by atoms with E-state index in [0.29, 0.717) is 25.1 Å². The Hall–Kier alpha value is -1.60.